The average Bonchev–Trinajstić information content (AvgIpc) is 3.49. The molecule has 1 N–H and O–H groups in total. The van der Waals surface area contributed by atoms with Gasteiger partial charge in [-0.3, -0.25) is 19.7 Å². The lowest BCUT2D eigenvalue weighted by atomic mass is 10.1. The second-order valence-electron chi connectivity index (χ2n) is 8.35. The Kier molecular flexibility index (Phi) is 6.74. The Morgan fingerprint density at radius 2 is 2.00 bits per heavy atom. The minimum Gasteiger partial charge on any atom is -0.366 e. The molecular formula is C23H28N4O4S. The number of rotatable bonds is 7. The van der Waals surface area contributed by atoms with Crippen molar-refractivity contribution >= 4 is 34.5 Å². The normalized spacial score (nSPS) is 16.5. The van der Waals surface area contributed by atoms with Gasteiger partial charge in [0.25, 0.3) is 11.6 Å². The van der Waals surface area contributed by atoms with Gasteiger partial charge in [-0.1, -0.05) is 13.3 Å². The molecule has 1 fully saturated rings. The lowest BCUT2D eigenvalue weighted by molar-refractivity contribution is -0.384. The number of hydrogen-bond donors (Lipinski definition) is 1. The van der Waals surface area contributed by atoms with Crippen LogP contribution in [-0.2, 0) is 17.8 Å². The molecule has 0 radical (unpaired) electrons. The molecular weight excluding hydrogens is 428 g/mol. The predicted molar refractivity (Wildman–Crippen MR) is 124 cm³/mol. The summed E-state index contributed by atoms with van der Waals surface area (Å²) >= 11 is 1.71. The first-order chi connectivity index (χ1) is 15.5. The highest BCUT2D eigenvalue weighted by Gasteiger charge is 2.30. The molecule has 1 atom stereocenters. The van der Waals surface area contributed by atoms with E-state index < -0.39 is 16.9 Å². The van der Waals surface area contributed by atoms with Gasteiger partial charge < -0.3 is 15.1 Å². The number of nitrogens with zero attached hydrogens (tertiary/aromatic N) is 3. The van der Waals surface area contributed by atoms with Gasteiger partial charge in [0.1, 0.15) is 11.7 Å². The first-order valence-corrected chi connectivity index (χ1v) is 12.0. The van der Waals surface area contributed by atoms with Crippen molar-refractivity contribution in [1.29, 1.82) is 0 Å². The van der Waals surface area contributed by atoms with Crippen molar-refractivity contribution in [3.8, 4) is 0 Å². The van der Waals surface area contributed by atoms with Gasteiger partial charge in [-0.15, -0.1) is 11.3 Å². The van der Waals surface area contributed by atoms with E-state index in [0.717, 1.165) is 38.8 Å². The van der Waals surface area contributed by atoms with E-state index in [2.05, 4.69) is 5.32 Å². The molecule has 2 aromatic rings. The highest BCUT2D eigenvalue weighted by atomic mass is 32.1. The average molecular weight is 457 g/mol. The number of fused-ring (bicyclic) bond motifs is 1. The van der Waals surface area contributed by atoms with Crippen LogP contribution in [0.3, 0.4) is 0 Å². The summed E-state index contributed by atoms with van der Waals surface area (Å²) in [6, 6.07) is 5.99. The maximum Gasteiger partial charge on any atom is 0.293 e. The summed E-state index contributed by atoms with van der Waals surface area (Å²) in [5.41, 5.74) is 1.85. The van der Waals surface area contributed by atoms with Crippen molar-refractivity contribution in [2.75, 3.05) is 24.5 Å². The van der Waals surface area contributed by atoms with Gasteiger partial charge in [0.15, 0.2) is 0 Å². The SMILES string of the molecule is CCCC(NC(=O)c1ccc(N2CCCC2)c([N+](=O)[O-])c1)C(=O)N1CCc2sccc2C1. The molecule has 32 heavy (non-hydrogen) atoms. The van der Waals surface area contributed by atoms with Crippen molar-refractivity contribution < 1.29 is 14.5 Å². The van der Waals surface area contributed by atoms with Crippen LogP contribution in [0.15, 0.2) is 29.6 Å². The fourth-order valence-corrected chi connectivity index (χ4v) is 5.37. The van der Waals surface area contributed by atoms with Crippen molar-refractivity contribution in [3.05, 3.63) is 55.8 Å². The van der Waals surface area contributed by atoms with Crippen LogP contribution in [0.4, 0.5) is 11.4 Å². The van der Waals surface area contributed by atoms with Gasteiger partial charge in [-0.2, -0.15) is 0 Å². The fourth-order valence-electron chi connectivity index (χ4n) is 4.48. The number of nitro benzene ring substituents is 1. The molecule has 9 heteroatoms. The second-order valence-corrected chi connectivity index (χ2v) is 9.35. The molecule has 2 amide bonds. The minimum atomic E-state index is -0.648. The topological polar surface area (TPSA) is 95.8 Å². The lowest BCUT2D eigenvalue weighted by Crippen LogP contribution is -2.49. The number of thiophene rings is 1. The fraction of sp³-hybridized carbons (Fsp3) is 0.478. The van der Waals surface area contributed by atoms with E-state index in [4.69, 9.17) is 0 Å². The molecule has 0 bridgehead atoms. The van der Waals surface area contributed by atoms with Gasteiger partial charge in [-0.25, -0.2) is 0 Å². The largest absolute Gasteiger partial charge is 0.366 e. The van der Waals surface area contributed by atoms with E-state index in [1.165, 1.54) is 16.5 Å². The summed E-state index contributed by atoms with van der Waals surface area (Å²) in [5, 5.41) is 16.5. The van der Waals surface area contributed by atoms with Crippen LogP contribution in [0, 0.1) is 10.1 Å². The van der Waals surface area contributed by atoms with Gasteiger partial charge >= 0.3 is 0 Å². The molecule has 1 aromatic heterocycles. The standard InChI is InChI=1S/C23H28N4O4S/c1-2-5-18(23(29)26-12-8-21-17(15-26)9-13-32-21)24-22(28)16-6-7-19(20(14-16)27(30)31)25-10-3-4-11-25/h6-7,9,13-14,18H,2-5,8,10-12,15H2,1H3,(H,24,28). The van der Waals surface area contributed by atoms with E-state index in [-0.39, 0.29) is 17.2 Å². The van der Waals surface area contributed by atoms with Gasteiger partial charge in [-0.05, 0) is 54.8 Å². The maximum absolute atomic E-state index is 13.2. The summed E-state index contributed by atoms with van der Waals surface area (Å²) in [6.07, 6.45) is 4.09. The highest BCUT2D eigenvalue weighted by Crippen LogP contribution is 2.32. The summed E-state index contributed by atoms with van der Waals surface area (Å²) in [5.74, 6) is -0.554. The molecule has 2 aliphatic rings. The lowest BCUT2D eigenvalue weighted by Gasteiger charge is -2.31. The third kappa shape index (κ3) is 4.62. The van der Waals surface area contributed by atoms with Crippen molar-refractivity contribution in [3.63, 3.8) is 0 Å². The minimum absolute atomic E-state index is 0.0704. The monoisotopic (exact) mass is 456 g/mol. The van der Waals surface area contributed by atoms with E-state index in [1.807, 2.05) is 23.3 Å². The molecule has 170 valence electrons. The van der Waals surface area contributed by atoms with Crippen molar-refractivity contribution in [2.45, 2.75) is 51.6 Å². The van der Waals surface area contributed by atoms with Gasteiger partial charge in [0.2, 0.25) is 5.91 Å². The van der Waals surface area contributed by atoms with E-state index in [1.54, 1.807) is 28.4 Å². The Hall–Kier alpha value is -2.94. The Morgan fingerprint density at radius 3 is 2.72 bits per heavy atom. The molecule has 4 rings (SSSR count). The summed E-state index contributed by atoms with van der Waals surface area (Å²) in [7, 11) is 0. The van der Waals surface area contributed by atoms with Crippen LogP contribution in [0.1, 0.15) is 53.4 Å². The molecule has 2 aliphatic heterocycles. The van der Waals surface area contributed by atoms with Crippen molar-refractivity contribution in [2.24, 2.45) is 0 Å². The van der Waals surface area contributed by atoms with Crippen LogP contribution in [0.5, 0.6) is 0 Å². The summed E-state index contributed by atoms with van der Waals surface area (Å²) in [6.45, 7) is 4.72. The van der Waals surface area contributed by atoms with Crippen LogP contribution >= 0.6 is 11.3 Å². The Bertz CT molecular complexity index is 1020. The Morgan fingerprint density at radius 1 is 1.22 bits per heavy atom. The molecule has 1 aromatic carbocycles. The Balaban J connectivity index is 1.49. The van der Waals surface area contributed by atoms with E-state index in [9.17, 15) is 19.7 Å². The molecule has 0 spiro atoms. The number of benzene rings is 1. The quantitative estimate of drug-likeness (QED) is 0.506. The maximum atomic E-state index is 13.2. The molecule has 1 unspecified atom stereocenters. The highest BCUT2D eigenvalue weighted by molar-refractivity contribution is 7.10. The molecule has 0 saturated carbocycles. The third-order valence-electron chi connectivity index (χ3n) is 6.18. The van der Waals surface area contributed by atoms with Crippen LogP contribution < -0.4 is 10.2 Å². The number of carbonyl (C=O) groups excluding carboxylic acids is 2. The number of nitro groups is 1. The first kappa shape index (κ1) is 22.3. The second kappa shape index (κ2) is 9.68. The number of hydrogen-bond acceptors (Lipinski definition) is 6. The van der Waals surface area contributed by atoms with E-state index >= 15 is 0 Å². The first-order valence-electron chi connectivity index (χ1n) is 11.2. The van der Waals surface area contributed by atoms with Crippen LogP contribution in [0.25, 0.3) is 0 Å². The number of carbonyl (C=O) groups is 2. The number of anilines is 1. The molecule has 8 nitrogen and oxygen atoms in total. The van der Waals surface area contributed by atoms with Crippen molar-refractivity contribution in [1.82, 2.24) is 10.2 Å². The molecule has 3 heterocycles. The molecule has 1 saturated heterocycles. The van der Waals surface area contributed by atoms with Gasteiger partial charge in [0, 0.05) is 42.7 Å². The summed E-state index contributed by atoms with van der Waals surface area (Å²) < 4.78 is 0. The van der Waals surface area contributed by atoms with E-state index in [0.29, 0.717) is 25.2 Å². The van der Waals surface area contributed by atoms with Crippen LogP contribution in [-0.4, -0.2) is 47.3 Å². The van der Waals surface area contributed by atoms with Crippen LogP contribution in [0.2, 0.25) is 0 Å². The predicted octanol–water partition coefficient (Wildman–Crippen LogP) is 3.74. The zero-order chi connectivity index (χ0) is 22.7. The Labute approximate surface area is 191 Å². The third-order valence-corrected chi connectivity index (χ3v) is 7.20. The zero-order valence-corrected chi connectivity index (χ0v) is 19.0. The smallest absolute Gasteiger partial charge is 0.293 e. The zero-order valence-electron chi connectivity index (χ0n) is 18.2. The number of amides is 2. The van der Waals surface area contributed by atoms with Gasteiger partial charge in [0.05, 0.1) is 4.92 Å². The number of nitrogens with one attached hydrogen (secondary N) is 1. The molecule has 0 aliphatic carbocycles. The summed E-state index contributed by atoms with van der Waals surface area (Å²) in [4.78, 5) is 42.5.